The van der Waals surface area contributed by atoms with Gasteiger partial charge in [0.25, 0.3) is 0 Å². The monoisotopic (exact) mass is 320 g/mol. The molecular weight excluding hydrogens is 300 g/mol. The predicted octanol–water partition coefficient (Wildman–Crippen LogP) is 4.68. The molecule has 0 spiro atoms. The number of hydrogen-bond donors (Lipinski definition) is 0. The Morgan fingerprint density at radius 1 is 1.00 bits per heavy atom. The van der Waals surface area contributed by atoms with Crippen molar-refractivity contribution >= 4 is 17.3 Å². The Hall–Kier alpha value is -2.68. The Labute approximate surface area is 140 Å². The van der Waals surface area contributed by atoms with Gasteiger partial charge in [-0.05, 0) is 37.8 Å². The fourth-order valence-electron chi connectivity index (χ4n) is 2.97. The first-order valence-corrected chi connectivity index (χ1v) is 8.26. The summed E-state index contributed by atoms with van der Waals surface area (Å²) >= 11 is 0. The van der Waals surface area contributed by atoms with E-state index in [-0.39, 0.29) is 5.43 Å². The number of rotatable bonds is 6. The summed E-state index contributed by atoms with van der Waals surface area (Å²) in [6, 6.07) is 15.4. The number of para-hydroxylation sites is 1. The third-order valence-corrected chi connectivity index (χ3v) is 4.28. The van der Waals surface area contributed by atoms with E-state index in [1.165, 1.54) is 0 Å². The van der Waals surface area contributed by atoms with Crippen LogP contribution < -0.4 is 5.43 Å². The molecule has 0 bridgehead atoms. The van der Waals surface area contributed by atoms with Gasteiger partial charge < -0.3 is 9.21 Å². The lowest BCUT2D eigenvalue weighted by Gasteiger charge is -2.10. The first-order chi connectivity index (χ1) is 11.7. The van der Waals surface area contributed by atoms with Crippen LogP contribution in [-0.4, -0.2) is 6.29 Å². The lowest BCUT2D eigenvalue weighted by atomic mass is 10.0. The van der Waals surface area contributed by atoms with Crippen molar-refractivity contribution in [1.82, 2.24) is 0 Å². The van der Waals surface area contributed by atoms with Crippen LogP contribution in [0.1, 0.15) is 30.4 Å². The number of unbranched alkanes of at least 4 members (excludes halogenated alkanes) is 2. The van der Waals surface area contributed by atoms with Crippen LogP contribution in [0.15, 0.2) is 57.7 Å². The van der Waals surface area contributed by atoms with Crippen LogP contribution in [0.3, 0.4) is 0 Å². The molecule has 3 aromatic rings. The van der Waals surface area contributed by atoms with Crippen LogP contribution in [0.4, 0.5) is 0 Å². The molecule has 0 unspecified atom stereocenters. The van der Waals surface area contributed by atoms with Crippen molar-refractivity contribution in [2.24, 2.45) is 0 Å². The maximum absolute atomic E-state index is 12.7. The van der Waals surface area contributed by atoms with E-state index in [0.29, 0.717) is 28.7 Å². The van der Waals surface area contributed by atoms with E-state index < -0.39 is 0 Å². The largest absolute Gasteiger partial charge is 0.455 e. The van der Waals surface area contributed by atoms with Crippen LogP contribution in [0, 0.1) is 6.92 Å². The Balaban J connectivity index is 2.10. The molecule has 0 saturated heterocycles. The zero-order chi connectivity index (χ0) is 16.9. The molecule has 0 amide bonds. The SMILES string of the molecule is Cc1c(-c2ccccc2)oc2c(CCCCC=O)cccc2c1=O. The molecule has 0 aliphatic carbocycles. The molecule has 0 saturated carbocycles. The molecule has 2 aromatic carbocycles. The van der Waals surface area contributed by atoms with Gasteiger partial charge in [0, 0.05) is 17.5 Å². The normalized spacial score (nSPS) is 10.9. The maximum Gasteiger partial charge on any atom is 0.196 e. The van der Waals surface area contributed by atoms with E-state index in [9.17, 15) is 9.59 Å². The van der Waals surface area contributed by atoms with Crippen LogP contribution in [0.2, 0.25) is 0 Å². The Bertz CT molecular complexity index is 908. The van der Waals surface area contributed by atoms with Crippen molar-refractivity contribution in [1.29, 1.82) is 0 Å². The van der Waals surface area contributed by atoms with Crippen molar-refractivity contribution in [3.63, 3.8) is 0 Å². The van der Waals surface area contributed by atoms with Crippen molar-refractivity contribution in [3.8, 4) is 11.3 Å². The summed E-state index contributed by atoms with van der Waals surface area (Å²) in [6.07, 6.45) is 4.06. The zero-order valence-electron chi connectivity index (χ0n) is 13.7. The fraction of sp³-hybridized carbons (Fsp3) is 0.238. The maximum atomic E-state index is 12.7. The highest BCUT2D eigenvalue weighted by atomic mass is 16.3. The average molecular weight is 320 g/mol. The molecule has 3 heteroatoms. The highest BCUT2D eigenvalue weighted by Crippen LogP contribution is 2.27. The van der Waals surface area contributed by atoms with Gasteiger partial charge in [0.1, 0.15) is 17.6 Å². The summed E-state index contributed by atoms with van der Waals surface area (Å²) in [5, 5.41) is 0.625. The van der Waals surface area contributed by atoms with Gasteiger partial charge in [-0.1, -0.05) is 42.5 Å². The third-order valence-electron chi connectivity index (χ3n) is 4.28. The molecule has 0 fully saturated rings. The molecule has 0 atom stereocenters. The minimum Gasteiger partial charge on any atom is -0.455 e. The summed E-state index contributed by atoms with van der Waals surface area (Å²) in [6.45, 7) is 1.81. The molecule has 122 valence electrons. The quantitative estimate of drug-likeness (QED) is 0.489. The number of carbonyl (C=O) groups excluding carboxylic acids is 1. The molecule has 0 N–H and O–H groups in total. The highest BCUT2D eigenvalue weighted by molar-refractivity contribution is 5.83. The summed E-state index contributed by atoms with van der Waals surface area (Å²) in [5.74, 6) is 0.633. The van der Waals surface area contributed by atoms with Crippen molar-refractivity contribution in [2.75, 3.05) is 0 Å². The zero-order valence-corrected chi connectivity index (χ0v) is 13.7. The number of fused-ring (bicyclic) bond motifs is 1. The van der Waals surface area contributed by atoms with Gasteiger partial charge in [-0.25, -0.2) is 0 Å². The molecule has 3 rings (SSSR count). The number of aryl methyl sites for hydroxylation is 1. The minimum absolute atomic E-state index is 0.0184. The van der Waals surface area contributed by atoms with Gasteiger partial charge in [-0.15, -0.1) is 0 Å². The lowest BCUT2D eigenvalue weighted by molar-refractivity contribution is -0.107. The second-order valence-corrected chi connectivity index (χ2v) is 5.96. The summed E-state index contributed by atoms with van der Waals surface area (Å²) in [4.78, 5) is 23.2. The molecule has 0 aliphatic heterocycles. The van der Waals surface area contributed by atoms with E-state index in [1.807, 2.05) is 55.5 Å². The Morgan fingerprint density at radius 2 is 1.79 bits per heavy atom. The van der Waals surface area contributed by atoms with Gasteiger partial charge >= 0.3 is 0 Å². The molecule has 1 heterocycles. The topological polar surface area (TPSA) is 47.3 Å². The second-order valence-electron chi connectivity index (χ2n) is 5.96. The first kappa shape index (κ1) is 16.2. The third kappa shape index (κ3) is 3.16. The fourth-order valence-corrected chi connectivity index (χ4v) is 2.97. The summed E-state index contributed by atoms with van der Waals surface area (Å²) in [7, 11) is 0. The highest BCUT2D eigenvalue weighted by Gasteiger charge is 2.14. The average Bonchev–Trinajstić information content (AvgIpc) is 2.62. The smallest absolute Gasteiger partial charge is 0.196 e. The molecule has 3 nitrogen and oxygen atoms in total. The van der Waals surface area contributed by atoms with E-state index in [4.69, 9.17) is 4.42 Å². The van der Waals surface area contributed by atoms with Gasteiger partial charge in [-0.2, -0.15) is 0 Å². The van der Waals surface area contributed by atoms with Crippen molar-refractivity contribution < 1.29 is 9.21 Å². The Morgan fingerprint density at radius 3 is 2.54 bits per heavy atom. The van der Waals surface area contributed by atoms with Gasteiger partial charge in [0.15, 0.2) is 5.43 Å². The molecule has 0 aliphatic rings. The molecule has 1 aromatic heterocycles. The van der Waals surface area contributed by atoms with E-state index in [2.05, 4.69) is 0 Å². The van der Waals surface area contributed by atoms with Crippen molar-refractivity contribution in [3.05, 3.63) is 69.9 Å². The molecule has 0 radical (unpaired) electrons. The first-order valence-electron chi connectivity index (χ1n) is 8.26. The minimum atomic E-state index is 0.0184. The van der Waals surface area contributed by atoms with Gasteiger partial charge in [0.05, 0.1) is 5.39 Å². The number of carbonyl (C=O) groups is 1. The van der Waals surface area contributed by atoms with E-state index >= 15 is 0 Å². The predicted molar refractivity (Wildman–Crippen MR) is 96.3 cm³/mol. The molecular formula is C21H20O3. The van der Waals surface area contributed by atoms with Crippen LogP contribution >= 0.6 is 0 Å². The van der Waals surface area contributed by atoms with Crippen LogP contribution in [-0.2, 0) is 11.2 Å². The van der Waals surface area contributed by atoms with E-state index in [1.54, 1.807) is 0 Å². The van der Waals surface area contributed by atoms with E-state index in [0.717, 1.165) is 36.7 Å². The molecule has 24 heavy (non-hydrogen) atoms. The van der Waals surface area contributed by atoms with Gasteiger partial charge in [0.2, 0.25) is 0 Å². The second kappa shape index (κ2) is 7.26. The van der Waals surface area contributed by atoms with Crippen molar-refractivity contribution in [2.45, 2.75) is 32.6 Å². The number of hydrogen-bond acceptors (Lipinski definition) is 3. The Kier molecular flexibility index (Phi) is 4.90. The van der Waals surface area contributed by atoms with Crippen LogP contribution in [0.5, 0.6) is 0 Å². The summed E-state index contributed by atoms with van der Waals surface area (Å²) < 4.78 is 6.18. The van der Waals surface area contributed by atoms with Crippen LogP contribution in [0.25, 0.3) is 22.3 Å². The summed E-state index contributed by atoms with van der Waals surface area (Å²) in [5.41, 5.74) is 3.24. The lowest BCUT2D eigenvalue weighted by Crippen LogP contribution is -2.08. The van der Waals surface area contributed by atoms with Gasteiger partial charge in [-0.3, -0.25) is 4.79 Å². The standard InChI is InChI=1S/C21H20O3/c1-15-19(23)18-13-8-12-17(11-6-3-7-14-22)21(18)24-20(15)16-9-4-2-5-10-16/h2,4-5,8-10,12-14H,3,6-7,11H2,1H3. The number of benzene rings is 2. The number of aldehydes is 1.